The van der Waals surface area contributed by atoms with Crippen molar-refractivity contribution < 1.29 is 14.6 Å². The van der Waals surface area contributed by atoms with Crippen molar-refractivity contribution in [3.63, 3.8) is 0 Å². The lowest BCUT2D eigenvalue weighted by Crippen LogP contribution is -2.56. The van der Waals surface area contributed by atoms with Crippen LogP contribution in [0.15, 0.2) is 23.3 Å². The number of carbonyl (C=O) groups is 1. The second kappa shape index (κ2) is 5.04. The van der Waals surface area contributed by atoms with Gasteiger partial charge in [0.2, 0.25) is 0 Å². The van der Waals surface area contributed by atoms with E-state index in [1.54, 1.807) is 7.11 Å². The third kappa shape index (κ3) is 1.85. The van der Waals surface area contributed by atoms with Crippen LogP contribution in [0.25, 0.3) is 0 Å². The van der Waals surface area contributed by atoms with E-state index in [-0.39, 0.29) is 17.4 Å². The SMILES string of the molecule is COC1CC=CC2=C1CCC1C2CC2C(=O)C1(C)CCC2O. The van der Waals surface area contributed by atoms with Gasteiger partial charge in [-0.1, -0.05) is 19.1 Å². The minimum Gasteiger partial charge on any atom is -0.392 e. The normalized spacial score (nSPS) is 47.2. The smallest absolute Gasteiger partial charge is 0.144 e. The van der Waals surface area contributed by atoms with Gasteiger partial charge < -0.3 is 9.84 Å². The fourth-order valence-corrected chi connectivity index (χ4v) is 5.72. The van der Waals surface area contributed by atoms with E-state index in [1.165, 1.54) is 11.1 Å². The standard InChI is InChI=1S/C19H26O3/c1-19-9-8-16(20)14(18(19)21)10-13-11-4-3-5-17(22-2)12(11)6-7-15(13)19/h3-4,13-17,20H,5-10H2,1-2H3. The first-order chi connectivity index (χ1) is 10.6. The molecule has 4 rings (SSSR count). The Morgan fingerprint density at radius 3 is 2.91 bits per heavy atom. The largest absolute Gasteiger partial charge is 0.392 e. The molecular weight excluding hydrogens is 276 g/mol. The summed E-state index contributed by atoms with van der Waals surface area (Å²) in [5.41, 5.74) is 2.66. The number of aliphatic hydroxyl groups is 1. The Morgan fingerprint density at radius 1 is 1.32 bits per heavy atom. The van der Waals surface area contributed by atoms with Gasteiger partial charge in [-0.05, 0) is 61.5 Å². The Balaban J connectivity index is 1.76. The number of methoxy groups -OCH3 is 1. The summed E-state index contributed by atoms with van der Waals surface area (Å²) in [4.78, 5) is 12.9. The molecule has 2 bridgehead atoms. The summed E-state index contributed by atoms with van der Waals surface area (Å²) in [5.74, 6) is 1.06. The van der Waals surface area contributed by atoms with Crippen molar-refractivity contribution >= 4 is 5.78 Å². The molecule has 0 aliphatic heterocycles. The first-order valence-electron chi connectivity index (χ1n) is 8.71. The summed E-state index contributed by atoms with van der Waals surface area (Å²) in [7, 11) is 1.80. The van der Waals surface area contributed by atoms with E-state index in [0.717, 1.165) is 38.5 Å². The summed E-state index contributed by atoms with van der Waals surface area (Å²) in [6.07, 6.45) is 9.90. The molecule has 4 aliphatic carbocycles. The van der Waals surface area contributed by atoms with Crippen LogP contribution in [0.3, 0.4) is 0 Å². The first kappa shape index (κ1) is 14.6. The maximum Gasteiger partial charge on any atom is 0.144 e. The highest BCUT2D eigenvalue weighted by Gasteiger charge is 2.57. The lowest BCUT2D eigenvalue weighted by Gasteiger charge is -2.55. The van der Waals surface area contributed by atoms with E-state index in [0.29, 0.717) is 17.6 Å². The molecule has 2 saturated carbocycles. The Bertz CT molecular complexity index is 561. The fourth-order valence-electron chi connectivity index (χ4n) is 5.72. The molecule has 0 aromatic carbocycles. The predicted octanol–water partition coefficient (Wildman–Crippen LogP) is 3.03. The molecule has 22 heavy (non-hydrogen) atoms. The van der Waals surface area contributed by atoms with E-state index < -0.39 is 6.10 Å². The summed E-state index contributed by atoms with van der Waals surface area (Å²) >= 11 is 0. The van der Waals surface area contributed by atoms with Crippen LogP contribution in [-0.2, 0) is 9.53 Å². The van der Waals surface area contributed by atoms with Crippen LogP contribution in [0.4, 0.5) is 0 Å². The topological polar surface area (TPSA) is 46.5 Å². The van der Waals surface area contributed by atoms with Crippen LogP contribution < -0.4 is 0 Å². The van der Waals surface area contributed by atoms with Crippen molar-refractivity contribution in [2.45, 2.75) is 57.7 Å². The lowest BCUT2D eigenvalue weighted by molar-refractivity contribution is -0.156. The Kier molecular flexibility index (Phi) is 3.35. The van der Waals surface area contributed by atoms with Gasteiger partial charge in [0.1, 0.15) is 5.78 Å². The van der Waals surface area contributed by atoms with Gasteiger partial charge in [-0.25, -0.2) is 0 Å². The van der Waals surface area contributed by atoms with Gasteiger partial charge >= 0.3 is 0 Å². The molecule has 0 aromatic heterocycles. The van der Waals surface area contributed by atoms with Crippen molar-refractivity contribution in [1.82, 2.24) is 0 Å². The number of rotatable bonds is 1. The number of hydrogen-bond donors (Lipinski definition) is 1. The molecule has 120 valence electrons. The van der Waals surface area contributed by atoms with Crippen molar-refractivity contribution in [2.75, 3.05) is 7.11 Å². The summed E-state index contributed by atoms with van der Waals surface area (Å²) in [6.45, 7) is 2.16. The summed E-state index contributed by atoms with van der Waals surface area (Å²) in [5, 5.41) is 10.3. The van der Waals surface area contributed by atoms with Crippen LogP contribution in [0.1, 0.15) is 45.4 Å². The molecule has 3 heteroatoms. The molecule has 6 unspecified atom stereocenters. The minimum absolute atomic E-state index is 0.150. The summed E-state index contributed by atoms with van der Waals surface area (Å²) in [6, 6.07) is 0. The molecule has 1 N–H and O–H groups in total. The molecule has 0 spiro atoms. The molecule has 0 heterocycles. The molecule has 4 aliphatic rings. The molecular formula is C19H26O3. The molecule has 0 aromatic rings. The number of fused-ring (bicyclic) bond motifs is 5. The second-order valence-corrected chi connectivity index (χ2v) is 7.82. The average Bonchev–Trinajstić information content (AvgIpc) is 2.53. The van der Waals surface area contributed by atoms with Crippen molar-refractivity contribution in [3.05, 3.63) is 23.3 Å². The highest BCUT2D eigenvalue weighted by Crippen LogP contribution is 2.58. The van der Waals surface area contributed by atoms with Crippen LogP contribution in [0, 0.1) is 23.2 Å². The van der Waals surface area contributed by atoms with Crippen LogP contribution >= 0.6 is 0 Å². The monoisotopic (exact) mass is 302 g/mol. The number of aliphatic hydroxyl groups excluding tert-OH is 1. The van der Waals surface area contributed by atoms with Crippen LogP contribution in [0.2, 0.25) is 0 Å². The van der Waals surface area contributed by atoms with Gasteiger partial charge in [-0.3, -0.25) is 4.79 Å². The first-order valence-corrected chi connectivity index (χ1v) is 8.71. The van der Waals surface area contributed by atoms with Gasteiger partial charge in [-0.2, -0.15) is 0 Å². The van der Waals surface area contributed by atoms with Crippen molar-refractivity contribution in [2.24, 2.45) is 23.2 Å². The third-order valence-corrected chi connectivity index (χ3v) is 6.95. The number of ether oxygens (including phenoxy) is 1. The second-order valence-electron chi connectivity index (χ2n) is 7.82. The van der Waals surface area contributed by atoms with E-state index >= 15 is 0 Å². The Labute approximate surface area is 132 Å². The fraction of sp³-hybridized carbons (Fsp3) is 0.737. The zero-order valence-corrected chi connectivity index (χ0v) is 13.5. The number of hydrogen-bond acceptors (Lipinski definition) is 3. The zero-order chi connectivity index (χ0) is 15.5. The molecule has 0 saturated heterocycles. The summed E-state index contributed by atoms with van der Waals surface area (Å²) < 4.78 is 5.68. The van der Waals surface area contributed by atoms with Gasteiger partial charge in [0, 0.05) is 18.4 Å². The van der Waals surface area contributed by atoms with Crippen LogP contribution in [0.5, 0.6) is 0 Å². The maximum atomic E-state index is 12.9. The predicted molar refractivity (Wildman–Crippen MR) is 84.3 cm³/mol. The maximum absolute atomic E-state index is 12.9. The average molecular weight is 302 g/mol. The van der Waals surface area contributed by atoms with Crippen molar-refractivity contribution in [3.8, 4) is 0 Å². The van der Waals surface area contributed by atoms with Gasteiger partial charge in [0.15, 0.2) is 0 Å². The number of carbonyl (C=O) groups excluding carboxylic acids is 1. The Morgan fingerprint density at radius 2 is 2.14 bits per heavy atom. The van der Waals surface area contributed by atoms with Gasteiger partial charge in [-0.15, -0.1) is 0 Å². The van der Waals surface area contributed by atoms with E-state index in [2.05, 4.69) is 19.1 Å². The molecule has 3 nitrogen and oxygen atoms in total. The minimum atomic E-state index is -0.432. The van der Waals surface area contributed by atoms with Gasteiger partial charge in [0.25, 0.3) is 0 Å². The third-order valence-electron chi connectivity index (χ3n) is 6.95. The van der Waals surface area contributed by atoms with Gasteiger partial charge in [0.05, 0.1) is 12.2 Å². The molecule has 0 amide bonds. The Hall–Kier alpha value is -0.930. The van der Waals surface area contributed by atoms with E-state index in [9.17, 15) is 9.90 Å². The number of ketones is 1. The van der Waals surface area contributed by atoms with Crippen LogP contribution in [-0.4, -0.2) is 30.2 Å². The zero-order valence-electron chi connectivity index (χ0n) is 13.5. The quantitative estimate of drug-likeness (QED) is 0.810. The lowest BCUT2D eigenvalue weighted by atomic mass is 9.48. The molecule has 2 fully saturated rings. The number of allylic oxidation sites excluding steroid dienone is 2. The molecule has 6 atom stereocenters. The highest BCUT2D eigenvalue weighted by molar-refractivity contribution is 5.89. The molecule has 0 radical (unpaired) electrons. The van der Waals surface area contributed by atoms with E-state index in [4.69, 9.17) is 4.74 Å². The van der Waals surface area contributed by atoms with Crippen molar-refractivity contribution in [1.29, 1.82) is 0 Å². The highest BCUT2D eigenvalue weighted by atomic mass is 16.5. The van der Waals surface area contributed by atoms with E-state index in [1.807, 2.05) is 0 Å². The number of Topliss-reactive ketones (excluding diaryl/α,β-unsaturated/α-hetero) is 1.